The number of hydrogen-bond acceptors (Lipinski definition) is 0. The van der Waals surface area contributed by atoms with Crippen molar-refractivity contribution in [2.75, 3.05) is 0 Å². The summed E-state index contributed by atoms with van der Waals surface area (Å²) in [6, 6.07) is 4.87. The van der Waals surface area contributed by atoms with Crippen molar-refractivity contribution in [2.24, 2.45) is 7.05 Å². The molecular weight excluding hydrogens is 201 g/mol. The molecule has 0 fully saturated rings. The molecule has 0 aliphatic carbocycles. The molecule has 16 heavy (non-hydrogen) atoms. The van der Waals surface area contributed by atoms with Crippen LogP contribution in [0.2, 0.25) is 0 Å². The lowest BCUT2D eigenvalue weighted by atomic mass is 10.2. The maximum absolute atomic E-state index is 12.8. The van der Waals surface area contributed by atoms with Gasteiger partial charge in [-0.05, 0) is 30.7 Å². The number of aryl methyl sites for hydroxylation is 2. The van der Waals surface area contributed by atoms with Crippen molar-refractivity contribution in [3.05, 3.63) is 35.8 Å². The van der Waals surface area contributed by atoms with E-state index in [0.29, 0.717) is 0 Å². The predicted octanol–water partition coefficient (Wildman–Crippen LogP) is 4.68. The Bertz CT molecular complexity index is 429. The molecule has 0 amide bonds. The third kappa shape index (κ3) is 3.09. The largest absolute Gasteiger partial charge is 0.350 e. The molecule has 1 nitrogen and oxygen atoms in total. The number of fused-ring (bicyclic) bond motifs is 1. The van der Waals surface area contributed by atoms with Crippen molar-refractivity contribution in [1.29, 1.82) is 0 Å². The van der Waals surface area contributed by atoms with Crippen LogP contribution in [-0.2, 0) is 7.05 Å². The van der Waals surface area contributed by atoms with Crippen LogP contribution >= 0.6 is 0 Å². The van der Waals surface area contributed by atoms with Crippen LogP contribution in [0.5, 0.6) is 0 Å². The van der Waals surface area contributed by atoms with Crippen LogP contribution in [0.3, 0.4) is 0 Å². The van der Waals surface area contributed by atoms with Gasteiger partial charge in [-0.2, -0.15) is 0 Å². The van der Waals surface area contributed by atoms with E-state index in [1.807, 2.05) is 58.5 Å². The summed E-state index contributed by atoms with van der Waals surface area (Å²) in [4.78, 5) is 0. The molecule has 0 N–H and O–H groups in total. The van der Waals surface area contributed by atoms with Gasteiger partial charge in [0.15, 0.2) is 0 Å². The second-order valence-electron chi connectivity index (χ2n) is 3.08. The van der Waals surface area contributed by atoms with Crippen LogP contribution in [0.25, 0.3) is 10.9 Å². The molecule has 2 aromatic rings. The summed E-state index contributed by atoms with van der Waals surface area (Å²) in [5.41, 5.74) is 2.14. The van der Waals surface area contributed by atoms with Gasteiger partial charge >= 0.3 is 0 Å². The molecule has 1 heterocycles. The van der Waals surface area contributed by atoms with Crippen molar-refractivity contribution >= 4 is 10.9 Å². The molecule has 0 unspecified atom stereocenters. The van der Waals surface area contributed by atoms with E-state index in [1.165, 1.54) is 11.6 Å². The zero-order valence-electron chi connectivity index (χ0n) is 11.1. The van der Waals surface area contributed by atoms with E-state index < -0.39 is 0 Å². The third-order valence-electron chi connectivity index (χ3n) is 2.15. The second kappa shape index (κ2) is 7.04. The summed E-state index contributed by atoms with van der Waals surface area (Å²) in [6.45, 7) is 10.0. The minimum atomic E-state index is -0.177. The highest BCUT2D eigenvalue weighted by Gasteiger charge is 2.02. The van der Waals surface area contributed by atoms with Gasteiger partial charge in [0.2, 0.25) is 0 Å². The maximum atomic E-state index is 12.8. The van der Waals surface area contributed by atoms with E-state index in [2.05, 4.69) is 0 Å². The Morgan fingerprint density at radius 1 is 1.06 bits per heavy atom. The molecule has 2 heteroatoms. The number of rotatable bonds is 0. The second-order valence-corrected chi connectivity index (χ2v) is 3.08. The van der Waals surface area contributed by atoms with E-state index in [9.17, 15) is 4.39 Å². The van der Waals surface area contributed by atoms with Gasteiger partial charge in [0, 0.05) is 18.6 Å². The third-order valence-corrected chi connectivity index (χ3v) is 2.15. The van der Waals surface area contributed by atoms with E-state index in [0.717, 1.165) is 10.9 Å². The van der Waals surface area contributed by atoms with Gasteiger partial charge < -0.3 is 4.57 Å². The smallest absolute Gasteiger partial charge is 0.125 e. The number of nitrogens with zero attached hydrogens (tertiary/aromatic N) is 1. The number of hydrogen-bond donors (Lipinski definition) is 0. The van der Waals surface area contributed by atoms with Gasteiger partial charge in [-0.3, -0.25) is 0 Å². The van der Waals surface area contributed by atoms with Gasteiger partial charge in [-0.15, -0.1) is 0 Å². The number of halogens is 1. The van der Waals surface area contributed by atoms with Crippen molar-refractivity contribution in [3.8, 4) is 0 Å². The van der Waals surface area contributed by atoms with Crippen LogP contribution in [0.4, 0.5) is 4.39 Å². The van der Waals surface area contributed by atoms with Gasteiger partial charge in [-0.25, -0.2) is 4.39 Å². The molecule has 0 saturated carbocycles. The lowest BCUT2D eigenvalue weighted by Gasteiger charge is -1.94. The lowest BCUT2D eigenvalue weighted by molar-refractivity contribution is 0.629. The van der Waals surface area contributed by atoms with Crippen molar-refractivity contribution in [3.63, 3.8) is 0 Å². The maximum Gasteiger partial charge on any atom is 0.125 e. The van der Waals surface area contributed by atoms with Gasteiger partial charge in [0.25, 0.3) is 0 Å². The SMILES string of the molecule is CC.CC.Cc1cn(C)c2cc(F)ccc12. The number of aromatic nitrogens is 1. The van der Waals surface area contributed by atoms with E-state index >= 15 is 0 Å². The van der Waals surface area contributed by atoms with Crippen LogP contribution in [-0.4, -0.2) is 4.57 Å². The average Bonchev–Trinajstić information content (AvgIpc) is 2.60. The predicted molar refractivity (Wildman–Crippen MR) is 70.3 cm³/mol. The monoisotopic (exact) mass is 223 g/mol. The minimum absolute atomic E-state index is 0.177. The minimum Gasteiger partial charge on any atom is -0.350 e. The molecule has 1 aromatic heterocycles. The van der Waals surface area contributed by atoms with Crippen LogP contribution < -0.4 is 0 Å². The summed E-state index contributed by atoms with van der Waals surface area (Å²) in [6.07, 6.45) is 2.00. The fraction of sp³-hybridized carbons (Fsp3) is 0.429. The van der Waals surface area contributed by atoms with Crippen molar-refractivity contribution in [2.45, 2.75) is 34.6 Å². The average molecular weight is 223 g/mol. The fourth-order valence-electron chi connectivity index (χ4n) is 1.56. The molecule has 1 aromatic carbocycles. The Hall–Kier alpha value is -1.31. The first kappa shape index (κ1) is 14.7. The normalized spacial score (nSPS) is 8.94. The lowest BCUT2D eigenvalue weighted by Crippen LogP contribution is -1.83. The zero-order chi connectivity index (χ0) is 12.7. The highest BCUT2D eigenvalue weighted by atomic mass is 19.1. The van der Waals surface area contributed by atoms with Crippen LogP contribution in [0, 0.1) is 12.7 Å². The first-order valence-electron chi connectivity index (χ1n) is 5.89. The molecule has 0 aliphatic heterocycles. The first-order chi connectivity index (χ1) is 7.68. The van der Waals surface area contributed by atoms with E-state index in [1.54, 1.807) is 6.07 Å². The Morgan fingerprint density at radius 3 is 2.19 bits per heavy atom. The highest BCUT2D eigenvalue weighted by Crippen LogP contribution is 2.20. The Labute approximate surface area is 97.9 Å². The molecule has 90 valence electrons. The quantitative estimate of drug-likeness (QED) is 0.611. The summed E-state index contributed by atoms with van der Waals surface area (Å²) in [7, 11) is 1.93. The molecule has 2 rings (SSSR count). The molecule has 0 spiro atoms. The van der Waals surface area contributed by atoms with Gasteiger partial charge in [0.05, 0.1) is 5.52 Å². The highest BCUT2D eigenvalue weighted by molar-refractivity contribution is 5.83. The molecular formula is C14H22FN. The Morgan fingerprint density at radius 2 is 1.62 bits per heavy atom. The zero-order valence-corrected chi connectivity index (χ0v) is 11.1. The molecule has 0 atom stereocenters. The van der Waals surface area contributed by atoms with Crippen LogP contribution in [0.15, 0.2) is 24.4 Å². The van der Waals surface area contributed by atoms with E-state index in [-0.39, 0.29) is 5.82 Å². The molecule has 0 bridgehead atoms. The molecule has 0 saturated heterocycles. The van der Waals surface area contributed by atoms with Crippen molar-refractivity contribution in [1.82, 2.24) is 4.57 Å². The fourth-order valence-corrected chi connectivity index (χ4v) is 1.56. The Balaban J connectivity index is 0.000000509. The number of benzene rings is 1. The summed E-state index contributed by atoms with van der Waals surface area (Å²) < 4.78 is 14.8. The summed E-state index contributed by atoms with van der Waals surface area (Å²) in [5, 5.41) is 1.12. The van der Waals surface area contributed by atoms with Crippen LogP contribution in [0.1, 0.15) is 33.3 Å². The molecule has 0 radical (unpaired) electrons. The summed E-state index contributed by atoms with van der Waals surface area (Å²) >= 11 is 0. The van der Waals surface area contributed by atoms with Gasteiger partial charge in [0.1, 0.15) is 5.82 Å². The first-order valence-corrected chi connectivity index (χ1v) is 5.89. The van der Waals surface area contributed by atoms with Gasteiger partial charge in [-0.1, -0.05) is 27.7 Å². The molecule has 0 aliphatic rings. The Kier molecular flexibility index (Phi) is 6.47. The van der Waals surface area contributed by atoms with E-state index in [4.69, 9.17) is 0 Å². The topological polar surface area (TPSA) is 4.93 Å². The standard InChI is InChI=1S/C10H10FN.2C2H6/c1-7-6-12(2)10-5-8(11)3-4-9(7)10;2*1-2/h3-6H,1-2H3;2*1-2H3. The summed E-state index contributed by atoms with van der Waals surface area (Å²) in [5.74, 6) is -0.177. The van der Waals surface area contributed by atoms with Crippen molar-refractivity contribution < 1.29 is 4.39 Å².